The number of hydrogen-bond donors (Lipinski definition) is 0. The molecule has 0 saturated carbocycles. The van der Waals surface area contributed by atoms with E-state index in [9.17, 15) is 4.39 Å². The smallest absolute Gasteiger partial charge is 0.0785 e. The van der Waals surface area contributed by atoms with Gasteiger partial charge in [0.1, 0.15) is 0 Å². The van der Waals surface area contributed by atoms with E-state index in [2.05, 4.69) is 0 Å². The van der Waals surface area contributed by atoms with Crippen LogP contribution in [0, 0.1) is 0 Å². The van der Waals surface area contributed by atoms with Crippen LogP contribution in [0.15, 0.2) is 0 Å². The third-order valence-corrected chi connectivity index (χ3v) is 0. The number of halogens is 1. The summed E-state index contributed by atoms with van der Waals surface area (Å²) in [5.41, 5.74) is 0. The van der Waals surface area contributed by atoms with Gasteiger partial charge in [-0.25, -0.2) is 0 Å². The molecule has 7 heavy (non-hydrogen) atoms. The van der Waals surface area contributed by atoms with Gasteiger partial charge in [-0.15, -0.1) is 8.58 Å². The van der Waals surface area contributed by atoms with Crippen molar-refractivity contribution in [2.45, 2.75) is 13.8 Å². The van der Waals surface area contributed by atoms with Crippen molar-refractivity contribution in [2.24, 2.45) is 0 Å². The largest absolute Gasteiger partial charge is 0.255 e. The van der Waals surface area contributed by atoms with Crippen LogP contribution in [0.4, 0.5) is 4.39 Å². The molecule has 2 heteroatoms. The van der Waals surface area contributed by atoms with Gasteiger partial charge >= 0.3 is 0 Å². The molecule has 0 radical (unpaired) electrons. The van der Waals surface area contributed by atoms with E-state index in [-0.39, 0.29) is 0 Å². The Morgan fingerprint density at radius 3 is 1.57 bits per heavy atom. The van der Waals surface area contributed by atoms with Gasteiger partial charge in [0.2, 0.25) is 0 Å². The molecule has 0 nitrogen and oxygen atoms in total. The molecule has 0 aliphatic carbocycles. The van der Waals surface area contributed by atoms with Crippen LogP contribution in [-0.2, 0) is 0 Å². The summed E-state index contributed by atoms with van der Waals surface area (Å²) in [5.74, 6) is 0. The maximum absolute atomic E-state index is 9.50. The van der Waals surface area contributed by atoms with Gasteiger partial charge < -0.3 is 0 Å². The summed E-state index contributed by atoms with van der Waals surface area (Å²) in [5, 5.41) is 0. The molecule has 0 amide bonds. The van der Waals surface area contributed by atoms with Gasteiger partial charge in [-0.05, 0) is 13.3 Å². The predicted molar refractivity (Wildman–Crippen MR) is 38.5 cm³/mol. The van der Waals surface area contributed by atoms with E-state index >= 15 is 0 Å². The molecule has 0 aromatic rings. The first kappa shape index (κ1) is 10.4. The second-order valence-corrected chi connectivity index (χ2v) is 1.06. The van der Waals surface area contributed by atoms with E-state index in [0.717, 1.165) is 8.58 Å². The Morgan fingerprint density at radius 2 is 1.57 bits per heavy atom. The quantitative estimate of drug-likeness (QED) is 0.438. The highest BCUT2D eigenvalue weighted by Crippen LogP contribution is 1.84. The summed E-state index contributed by atoms with van der Waals surface area (Å²) in [6.45, 7) is 6.62. The van der Waals surface area contributed by atoms with E-state index in [1.807, 2.05) is 20.5 Å². The van der Waals surface area contributed by atoms with Crippen LogP contribution < -0.4 is 0 Å². The summed E-state index contributed by atoms with van der Waals surface area (Å²) in [6.07, 6.45) is 0. The van der Waals surface area contributed by atoms with Crippen LogP contribution in [-0.4, -0.2) is 20.5 Å². The zero-order valence-electron chi connectivity index (χ0n) is 6.59. The summed E-state index contributed by atoms with van der Waals surface area (Å²) in [6, 6.07) is 0. The average molecular weight is 127 g/mol. The van der Waals surface area contributed by atoms with Crippen molar-refractivity contribution < 1.29 is 5.76 Å². The van der Waals surface area contributed by atoms with Crippen LogP contribution in [0.2, 0.25) is 0 Å². The zero-order valence-corrected chi connectivity index (χ0v) is 6.59. The third kappa shape index (κ3) is 933. The van der Waals surface area contributed by atoms with Crippen LogP contribution in [0.3, 0.4) is 0 Å². The lowest BCUT2D eigenvalue weighted by Crippen LogP contribution is -1.18. The van der Waals surface area contributed by atoms with E-state index in [1.165, 1.54) is 0 Å². The Bertz CT molecular complexity index is 14.4. The highest BCUT2D eigenvalue weighted by Gasteiger charge is 1.33. The Morgan fingerprint density at radius 1 is 1.43 bits per heavy atom. The normalized spacial score (nSPS) is 7.86. The fourth-order valence-electron chi connectivity index (χ4n) is 0. The predicted octanol–water partition coefficient (Wildman–Crippen LogP) is 2.54. The van der Waals surface area contributed by atoms with Gasteiger partial charge in [-0.1, -0.05) is 13.8 Å². The minimum atomic E-state index is 0.500. The van der Waals surface area contributed by atoms with Crippen molar-refractivity contribution in [1.29, 1.82) is 0 Å². The summed E-state index contributed by atoms with van der Waals surface area (Å²) in [7, 11) is 1.31. The standard InChI is InChI=1S/C2H7P.C2H6.CH3F/c1-3-2;2*1-2/h3H,1-2H3;1-2H3;1H3/i1D;;. The van der Waals surface area contributed by atoms with Crippen LogP contribution in [0.25, 0.3) is 0 Å². The van der Waals surface area contributed by atoms with Crippen LogP contribution in [0.5, 0.6) is 0 Å². The van der Waals surface area contributed by atoms with Gasteiger partial charge in [0, 0.05) is 1.37 Å². The maximum atomic E-state index is 9.50. The minimum Gasteiger partial charge on any atom is -0.255 e. The molecule has 0 aromatic heterocycles. The second-order valence-electron chi connectivity index (χ2n) is 0.354. The molecule has 0 bridgehead atoms. The molecule has 0 aromatic carbocycles. The van der Waals surface area contributed by atoms with Gasteiger partial charge in [-0.3, -0.25) is 4.39 Å². The molecule has 0 rings (SSSR count). The monoisotopic (exact) mass is 127 g/mol. The lowest BCUT2D eigenvalue weighted by atomic mass is 11.0. The lowest BCUT2D eigenvalue weighted by Gasteiger charge is -1.50. The van der Waals surface area contributed by atoms with Gasteiger partial charge in [0.05, 0.1) is 7.18 Å². The molecule has 0 fully saturated rings. The van der Waals surface area contributed by atoms with Crippen LogP contribution in [0.1, 0.15) is 15.2 Å². The first-order chi connectivity index (χ1) is 3.91. The van der Waals surface area contributed by atoms with Crippen molar-refractivity contribution in [3.63, 3.8) is 0 Å². The molecular weight excluding hydrogens is 110 g/mol. The number of rotatable bonds is 0. The zero-order chi connectivity index (χ0) is 7.41. The van der Waals surface area contributed by atoms with Gasteiger partial charge in [0.25, 0.3) is 0 Å². The van der Waals surface area contributed by atoms with Crippen molar-refractivity contribution in [1.82, 2.24) is 0 Å². The minimum absolute atomic E-state index is 0.500. The fourth-order valence-corrected chi connectivity index (χ4v) is 0. The topological polar surface area (TPSA) is 0 Å². The Kier molecular flexibility index (Phi) is 146. The first-order valence-corrected chi connectivity index (χ1v) is 3.94. The van der Waals surface area contributed by atoms with Crippen molar-refractivity contribution >= 4 is 8.58 Å². The van der Waals surface area contributed by atoms with E-state index in [0.29, 0.717) is 13.8 Å². The Balaban J connectivity index is -0.0000000542. The highest BCUT2D eigenvalue weighted by molar-refractivity contribution is 7.35. The number of alkyl halides is 1. The highest BCUT2D eigenvalue weighted by atomic mass is 31.1. The van der Waals surface area contributed by atoms with Gasteiger partial charge in [-0.2, -0.15) is 0 Å². The fraction of sp³-hybridized carbons (Fsp3) is 1.00. The molecule has 1 unspecified atom stereocenters. The van der Waals surface area contributed by atoms with Gasteiger partial charge in [0.15, 0.2) is 0 Å². The Labute approximate surface area is 49.7 Å². The molecule has 0 saturated heterocycles. The molecule has 0 spiro atoms. The Hall–Kier alpha value is 0.360. The second kappa shape index (κ2) is 98.8. The summed E-state index contributed by atoms with van der Waals surface area (Å²) >= 11 is 0. The van der Waals surface area contributed by atoms with E-state index < -0.39 is 0 Å². The third-order valence-electron chi connectivity index (χ3n) is 0. The summed E-state index contributed by atoms with van der Waals surface area (Å²) < 4.78 is 16.0. The molecule has 0 N–H and O–H groups in total. The SMILES string of the molecule is CC.CF.[2H]CPC. The number of hydrogen-bond acceptors (Lipinski definition) is 0. The molecule has 1 atom stereocenters. The van der Waals surface area contributed by atoms with Crippen molar-refractivity contribution in [3.8, 4) is 0 Å². The van der Waals surface area contributed by atoms with Crippen molar-refractivity contribution in [2.75, 3.05) is 20.5 Å². The average Bonchev–Trinajstić information content (AvgIpc) is 1.96. The summed E-state index contributed by atoms with van der Waals surface area (Å²) in [4.78, 5) is 0. The van der Waals surface area contributed by atoms with Crippen molar-refractivity contribution in [3.05, 3.63) is 0 Å². The lowest BCUT2D eigenvalue weighted by molar-refractivity contribution is 0.636. The molecule has 48 valence electrons. The molecule has 0 heterocycles. The molecule has 0 aliphatic rings. The van der Waals surface area contributed by atoms with Crippen LogP contribution >= 0.6 is 8.58 Å². The van der Waals surface area contributed by atoms with E-state index in [1.54, 1.807) is 0 Å². The maximum Gasteiger partial charge on any atom is 0.0785 e. The molecule has 0 aliphatic heterocycles. The van der Waals surface area contributed by atoms with E-state index in [4.69, 9.17) is 1.37 Å². The molecular formula is C5H16FP. The first-order valence-electron chi connectivity index (χ1n) is 2.94.